The number of hydrogen-bond donors (Lipinski definition) is 0. The summed E-state index contributed by atoms with van der Waals surface area (Å²) in [5.41, 5.74) is 5.37. The third-order valence-corrected chi connectivity index (χ3v) is 5.76. The summed E-state index contributed by atoms with van der Waals surface area (Å²) in [4.78, 5) is 4.63. The largest absolute Gasteiger partial charge is 0.343 e. The Morgan fingerprint density at radius 3 is 2.33 bits per heavy atom. The van der Waals surface area contributed by atoms with E-state index < -0.39 is 0 Å². The number of rotatable bonds is 7. The highest BCUT2D eigenvalue weighted by Gasteiger charge is 2.14. The van der Waals surface area contributed by atoms with Crippen molar-refractivity contribution in [1.82, 2.24) is 9.55 Å². The summed E-state index contributed by atoms with van der Waals surface area (Å²) >= 11 is 13.0. The standard InChI is InChI=1S/C25H21BCl2N2/c27-23-12-6-4-10-20(23)18-22(21-11-5-7-13-24(21)28)26-25-29-15-17-30(25)16-14-19-8-2-1-3-9-19/h1-13,15,17-18,26H,14,16H2. The van der Waals surface area contributed by atoms with Crippen LogP contribution in [0.5, 0.6) is 0 Å². The van der Waals surface area contributed by atoms with Crippen molar-refractivity contribution in [1.29, 1.82) is 0 Å². The Labute approximate surface area is 188 Å². The highest BCUT2D eigenvalue weighted by Crippen LogP contribution is 2.27. The molecule has 0 amide bonds. The zero-order valence-electron chi connectivity index (χ0n) is 16.5. The zero-order chi connectivity index (χ0) is 20.8. The van der Waals surface area contributed by atoms with Crippen LogP contribution in [0.15, 0.2) is 91.3 Å². The van der Waals surface area contributed by atoms with E-state index in [1.54, 1.807) is 0 Å². The van der Waals surface area contributed by atoms with E-state index in [2.05, 4.69) is 39.9 Å². The summed E-state index contributed by atoms with van der Waals surface area (Å²) in [6, 6.07) is 26.3. The van der Waals surface area contributed by atoms with Crippen molar-refractivity contribution in [3.05, 3.63) is 118 Å². The normalized spacial score (nSPS) is 11.5. The van der Waals surface area contributed by atoms with E-state index in [1.165, 1.54) is 5.56 Å². The number of imidazole rings is 1. The van der Waals surface area contributed by atoms with E-state index in [9.17, 15) is 0 Å². The average molecular weight is 431 g/mol. The van der Waals surface area contributed by atoms with Gasteiger partial charge < -0.3 is 4.57 Å². The van der Waals surface area contributed by atoms with Crippen molar-refractivity contribution >= 4 is 47.8 Å². The maximum absolute atomic E-state index is 6.55. The molecular formula is C25H21BCl2N2. The minimum Gasteiger partial charge on any atom is -0.343 e. The van der Waals surface area contributed by atoms with Crippen LogP contribution in [0.3, 0.4) is 0 Å². The fourth-order valence-corrected chi connectivity index (χ4v) is 3.95. The van der Waals surface area contributed by atoms with Gasteiger partial charge in [0.15, 0.2) is 0 Å². The molecule has 3 aromatic carbocycles. The summed E-state index contributed by atoms with van der Waals surface area (Å²) < 4.78 is 2.21. The smallest absolute Gasteiger partial charge is 0.239 e. The first-order valence-corrected chi connectivity index (χ1v) is 10.7. The van der Waals surface area contributed by atoms with Crippen molar-refractivity contribution in [2.75, 3.05) is 0 Å². The van der Waals surface area contributed by atoms with Crippen molar-refractivity contribution < 1.29 is 0 Å². The van der Waals surface area contributed by atoms with E-state index in [1.807, 2.05) is 67.0 Å². The van der Waals surface area contributed by atoms with Crippen LogP contribution in [-0.2, 0) is 13.0 Å². The van der Waals surface area contributed by atoms with Crippen molar-refractivity contribution in [3.63, 3.8) is 0 Å². The molecule has 0 unspecified atom stereocenters. The van der Waals surface area contributed by atoms with Crippen molar-refractivity contribution in [3.8, 4) is 0 Å². The first kappa shape index (κ1) is 20.5. The van der Waals surface area contributed by atoms with Crippen LogP contribution < -0.4 is 5.72 Å². The van der Waals surface area contributed by atoms with Gasteiger partial charge in [0.1, 0.15) is 0 Å². The molecule has 2 nitrogen and oxygen atoms in total. The van der Waals surface area contributed by atoms with Gasteiger partial charge in [0, 0.05) is 29.0 Å². The predicted molar refractivity (Wildman–Crippen MR) is 130 cm³/mol. The van der Waals surface area contributed by atoms with Crippen LogP contribution in [0.1, 0.15) is 16.7 Å². The average Bonchev–Trinajstić information content (AvgIpc) is 3.21. The van der Waals surface area contributed by atoms with Gasteiger partial charge in [0.2, 0.25) is 7.28 Å². The molecule has 0 atom stereocenters. The fourth-order valence-electron chi connectivity index (χ4n) is 3.50. The molecule has 1 aromatic heterocycles. The van der Waals surface area contributed by atoms with Gasteiger partial charge in [0.25, 0.3) is 0 Å². The lowest BCUT2D eigenvalue weighted by Gasteiger charge is -2.12. The predicted octanol–water partition coefficient (Wildman–Crippen LogP) is 5.69. The molecule has 0 aliphatic rings. The van der Waals surface area contributed by atoms with Gasteiger partial charge in [0.05, 0.1) is 5.72 Å². The number of aromatic nitrogens is 2. The highest BCUT2D eigenvalue weighted by molar-refractivity contribution is 6.73. The Morgan fingerprint density at radius 2 is 1.57 bits per heavy atom. The molecule has 4 aromatic rings. The molecule has 148 valence electrons. The molecule has 0 saturated heterocycles. The quantitative estimate of drug-likeness (QED) is 0.272. The van der Waals surface area contributed by atoms with Crippen LogP contribution in [0.25, 0.3) is 11.5 Å². The molecule has 0 aliphatic heterocycles. The maximum atomic E-state index is 6.55. The first-order chi connectivity index (χ1) is 14.7. The van der Waals surface area contributed by atoms with Gasteiger partial charge in [-0.25, -0.2) is 0 Å². The number of nitrogens with zero attached hydrogens (tertiary/aromatic N) is 2. The Morgan fingerprint density at radius 1 is 0.867 bits per heavy atom. The third kappa shape index (κ3) is 5.05. The summed E-state index contributed by atoms with van der Waals surface area (Å²) in [5.74, 6) is 0. The van der Waals surface area contributed by atoms with Crippen LogP contribution in [0, 0.1) is 0 Å². The number of benzene rings is 3. The fraction of sp³-hybridized carbons (Fsp3) is 0.0800. The van der Waals surface area contributed by atoms with E-state index in [0.717, 1.165) is 45.3 Å². The first-order valence-electron chi connectivity index (χ1n) is 9.94. The van der Waals surface area contributed by atoms with E-state index >= 15 is 0 Å². The Balaban J connectivity index is 1.64. The Kier molecular flexibility index (Phi) is 6.73. The van der Waals surface area contributed by atoms with Gasteiger partial charge in [-0.05, 0) is 35.2 Å². The minimum absolute atomic E-state index is 0.663. The molecule has 5 heteroatoms. The van der Waals surface area contributed by atoms with Crippen LogP contribution >= 0.6 is 23.2 Å². The van der Waals surface area contributed by atoms with Gasteiger partial charge >= 0.3 is 0 Å². The van der Waals surface area contributed by atoms with Gasteiger partial charge in [-0.1, -0.05) is 101 Å². The Bertz CT molecular complexity index is 1150. The molecular weight excluding hydrogens is 410 g/mol. The van der Waals surface area contributed by atoms with E-state index in [-0.39, 0.29) is 0 Å². The molecule has 30 heavy (non-hydrogen) atoms. The molecule has 0 radical (unpaired) electrons. The Hall–Kier alpha value is -2.75. The molecule has 0 bridgehead atoms. The lowest BCUT2D eigenvalue weighted by molar-refractivity contribution is 0.714. The highest BCUT2D eigenvalue weighted by atomic mass is 35.5. The van der Waals surface area contributed by atoms with Gasteiger partial charge in [-0.3, -0.25) is 4.98 Å². The summed E-state index contributed by atoms with van der Waals surface area (Å²) in [6.45, 7) is 0.876. The maximum Gasteiger partial charge on any atom is 0.239 e. The molecule has 4 rings (SSSR count). The third-order valence-electron chi connectivity index (χ3n) is 5.09. The summed E-state index contributed by atoms with van der Waals surface area (Å²) in [5, 5.41) is 1.44. The van der Waals surface area contributed by atoms with Crippen LogP contribution in [-0.4, -0.2) is 16.8 Å². The van der Waals surface area contributed by atoms with Crippen LogP contribution in [0.4, 0.5) is 0 Å². The molecule has 0 N–H and O–H groups in total. The second-order valence-corrected chi connectivity index (χ2v) is 7.93. The molecule has 0 spiro atoms. The van der Waals surface area contributed by atoms with Gasteiger partial charge in [-0.15, -0.1) is 0 Å². The molecule has 1 heterocycles. The second-order valence-electron chi connectivity index (χ2n) is 7.12. The van der Waals surface area contributed by atoms with E-state index in [4.69, 9.17) is 23.2 Å². The second kappa shape index (κ2) is 9.84. The molecule has 0 aliphatic carbocycles. The molecule has 0 saturated carbocycles. The number of hydrogen-bond acceptors (Lipinski definition) is 1. The summed E-state index contributed by atoms with van der Waals surface area (Å²) in [7, 11) is 0.663. The van der Waals surface area contributed by atoms with Crippen molar-refractivity contribution in [2.24, 2.45) is 0 Å². The van der Waals surface area contributed by atoms with Crippen molar-refractivity contribution in [2.45, 2.75) is 13.0 Å². The molecule has 0 fully saturated rings. The number of aryl methyl sites for hydroxylation is 2. The zero-order valence-corrected chi connectivity index (χ0v) is 18.0. The monoisotopic (exact) mass is 430 g/mol. The summed E-state index contributed by atoms with van der Waals surface area (Å²) in [6.07, 6.45) is 6.97. The SMILES string of the molecule is Clc1ccccc1C=C(Bc1nccn1CCc1ccccc1)c1ccccc1Cl. The minimum atomic E-state index is 0.663. The van der Waals surface area contributed by atoms with Crippen LogP contribution in [0.2, 0.25) is 10.0 Å². The topological polar surface area (TPSA) is 17.8 Å². The lowest BCUT2D eigenvalue weighted by Crippen LogP contribution is -2.28. The number of halogens is 2. The van der Waals surface area contributed by atoms with Gasteiger partial charge in [-0.2, -0.15) is 0 Å². The lowest BCUT2D eigenvalue weighted by atomic mass is 9.65. The van der Waals surface area contributed by atoms with E-state index in [0.29, 0.717) is 7.28 Å².